The highest BCUT2D eigenvalue weighted by molar-refractivity contribution is 5.95. The SMILES string of the molecule is CCOC(=O)c1cc(OCCN(CC)CC)c(F)cc1N. The van der Waals surface area contributed by atoms with Gasteiger partial charge in [0.1, 0.15) is 6.61 Å². The predicted octanol–water partition coefficient (Wildman–Crippen LogP) is 2.31. The van der Waals surface area contributed by atoms with E-state index in [-0.39, 0.29) is 23.6 Å². The number of benzene rings is 1. The van der Waals surface area contributed by atoms with Crippen LogP contribution in [0.25, 0.3) is 0 Å². The number of likely N-dealkylation sites (N-methyl/N-ethyl adjacent to an activating group) is 1. The lowest BCUT2D eigenvalue weighted by Crippen LogP contribution is -2.28. The second kappa shape index (κ2) is 8.46. The molecular weight excluding hydrogens is 275 g/mol. The van der Waals surface area contributed by atoms with Gasteiger partial charge in [0.15, 0.2) is 11.6 Å². The van der Waals surface area contributed by atoms with E-state index in [1.807, 2.05) is 13.8 Å². The molecule has 0 saturated heterocycles. The maximum absolute atomic E-state index is 13.8. The van der Waals surface area contributed by atoms with Crippen LogP contribution in [-0.2, 0) is 4.74 Å². The van der Waals surface area contributed by atoms with E-state index in [0.717, 1.165) is 19.2 Å². The molecule has 0 fully saturated rings. The van der Waals surface area contributed by atoms with Crippen LogP contribution in [-0.4, -0.2) is 43.7 Å². The molecule has 1 rings (SSSR count). The van der Waals surface area contributed by atoms with Gasteiger partial charge in [-0.1, -0.05) is 13.8 Å². The summed E-state index contributed by atoms with van der Waals surface area (Å²) in [5.74, 6) is -1.15. The summed E-state index contributed by atoms with van der Waals surface area (Å²) in [6, 6.07) is 2.38. The topological polar surface area (TPSA) is 64.8 Å². The highest BCUT2D eigenvalue weighted by Crippen LogP contribution is 2.25. The lowest BCUT2D eigenvalue weighted by Gasteiger charge is -2.18. The zero-order valence-corrected chi connectivity index (χ0v) is 12.8. The van der Waals surface area contributed by atoms with Crippen molar-refractivity contribution in [3.63, 3.8) is 0 Å². The van der Waals surface area contributed by atoms with Crippen molar-refractivity contribution in [2.45, 2.75) is 20.8 Å². The molecule has 0 atom stereocenters. The molecule has 0 saturated carbocycles. The molecule has 0 aliphatic heterocycles. The summed E-state index contributed by atoms with van der Waals surface area (Å²) < 4.78 is 24.1. The smallest absolute Gasteiger partial charge is 0.340 e. The van der Waals surface area contributed by atoms with E-state index < -0.39 is 11.8 Å². The molecule has 21 heavy (non-hydrogen) atoms. The molecule has 118 valence electrons. The van der Waals surface area contributed by atoms with E-state index in [1.54, 1.807) is 6.92 Å². The number of esters is 1. The Morgan fingerprint density at radius 2 is 1.95 bits per heavy atom. The Labute approximate surface area is 124 Å². The fourth-order valence-corrected chi connectivity index (χ4v) is 1.89. The van der Waals surface area contributed by atoms with Crippen molar-refractivity contribution in [3.8, 4) is 5.75 Å². The van der Waals surface area contributed by atoms with E-state index in [9.17, 15) is 9.18 Å². The van der Waals surface area contributed by atoms with Crippen LogP contribution in [0, 0.1) is 5.82 Å². The monoisotopic (exact) mass is 298 g/mol. The molecule has 1 aromatic rings. The fraction of sp³-hybridized carbons (Fsp3) is 0.533. The van der Waals surface area contributed by atoms with Gasteiger partial charge in [-0.3, -0.25) is 0 Å². The molecule has 0 aliphatic carbocycles. The van der Waals surface area contributed by atoms with Gasteiger partial charge >= 0.3 is 5.97 Å². The number of rotatable bonds is 8. The number of ether oxygens (including phenoxy) is 2. The maximum Gasteiger partial charge on any atom is 0.340 e. The van der Waals surface area contributed by atoms with Gasteiger partial charge in [0.05, 0.1) is 12.2 Å². The third kappa shape index (κ3) is 4.90. The average molecular weight is 298 g/mol. The Bertz CT molecular complexity index is 476. The number of nitrogen functional groups attached to an aromatic ring is 1. The molecule has 0 aromatic heterocycles. The van der Waals surface area contributed by atoms with Crippen LogP contribution in [0.15, 0.2) is 12.1 Å². The first-order valence-corrected chi connectivity index (χ1v) is 7.14. The van der Waals surface area contributed by atoms with E-state index in [0.29, 0.717) is 13.2 Å². The Kier molecular flexibility index (Phi) is 6.94. The van der Waals surface area contributed by atoms with Gasteiger partial charge in [-0.2, -0.15) is 0 Å². The van der Waals surface area contributed by atoms with Crippen molar-refractivity contribution in [1.29, 1.82) is 0 Å². The van der Waals surface area contributed by atoms with Crippen molar-refractivity contribution < 1.29 is 18.7 Å². The van der Waals surface area contributed by atoms with Crippen LogP contribution in [0.5, 0.6) is 5.75 Å². The van der Waals surface area contributed by atoms with Crippen LogP contribution in [0.4, 0.5) is 10.1 Å². The normalized spacial score (nSPS) is 10.7. The Morgan fingerprint density at radius 3 is 2.52 bits per heavy atom. The van der Waals surface area contributed by atoms with E-state index in [2.05, 4.69) is 4.90 Å². The minimum absolute atomic E-state index is 0.0133. The zero-order chi connectivity index (χ0) is 15.8. The van der Waals surface area contributed by atoms with Crippen LogP contribution in [0.2, 0.25) is 0 Å². The van der Waals surface area contributed by atoms with E-state index in [4.69, 9.17) is 15.2 Å². The number of anilines is 1. The molecule has 0 heterocycles. The minimum atomic E-state index is -0.583. The zero-order valence-electron chi connectivity index (χ0n) is 12.8. The lowest BCUT2D eigenvalue weighted by molar-refractivity contribution is 0.0527. The lowest BCUT2D eigenvalue weighted by atomic mass is 10.1. The van der Waals surface area contributed by atoms with Crippen molar-refractivity contribution in [2.75, 3.05) is 38.6 Å². The predicted molar refractivity (Wildman–Crippen MR) is 80.1 cm³/mol. The van der Waals surface area contributed by atoms with Crippen molar-refractivity contribution in [2.24, 2.45) is 0 Å². The van der Waals surface area contributed by atoms with Crippen LogP contribution >= 0.6 is 0 Å². The quantitative estimate of drug-likeness (QED) is 0.589. The van der Waals surface area contributed by atoms with Crippen molar-refractivity contribution >= 4 is 11.7 Å². The minimum Gasteiger partial charge on any atom is -0.489 e. The molecule has 0 spiro atoms. The van der Waals surface area contributed by atoms with Crippen molar-refractivity contribution in [3.05, 3.63) is 23.5 Å². The molecule has 0 aliphatic rings. The van der Waals surface area contributed by atoms with Gasteiger partial charge in [0.2, 0.25) is 0 Å². The Morgan fingerprint density at radius 1 is 1.29 bits per heavy atom. The summed E-state index contributed by atoms with van der Waals surface area (Å²) in [7, 11) is 0. The largest absolute Gasteiger partial charge is 0.489 e. The first kappa shape index (κ1) is 17.2. The number of carbonyl (C=O) groups excluding carboxylic acids is 1. The van der Waals surface area contributed by atoms with Gasteiger partial charge in [-0.25, -0.2) is 9.18 Å². The summed E-state index contributed by atoms with van der Waals surface area (Å²) >= 11 is 0. The van der Waals surface area contributed by atoms with E-state index in [1.165, 1.54) is 6.07 Å². The average Bonchev–Trinajstić information content (AvgIpc) is 2.45. The van der Waals surface area contributed by atoms with Crippen LogP contribution in [0.3, 0.4) is 0 Å². The number of nitrogens with two attached hydrogens (primary N) is 1. The van der Waals surface area contributed by atoms with Gasteiger partial charge in [-0.15, -0.1) is 0 Å². The first-order valence-electron chi connectivity index (χ1n) is 7.14. The molecule has 6 heteroatoms. The van der Waals surface area contributed by atoms with Crippen LogP contribution < -0.4 is 10.5 Å². The molecular formula is C15H23FN2O3. The Hall–Kier alpha value is -1.82. The number of hydrogen-bond acceptors (Lipinski definition) is 5. The van der Waals surface area contributed by atoms with Gasteiger partial charge in [0, 0.05) is 18.3 Å². The molecule has 0 amide bonds. The second-order valence-electron chi connectivity index (χ2n) is 4.47. The summed E-state index contributed by atoms with van der Waals surface area (Å²) in [6.07, 6.45) is 0. The van der Waals surface area contributed by atoms with Gasteiger partial charge in [-0.05, 0) is 26.1 Å². The molecule has 0 radical (unpaired) electrons. The maximum atomic E-state index is 13.8. The number of carbonyl (C=O) groups is 1. The highest BCUT2D eigenvalue weighted by atomic mass is 19.1. The molecule has 0 unspecified atom stereocenters. The van der Waals surface area contributed by atoms with Gasteiger partial charge < -0.3 is 20.1 Å². The summed E-state index contributed by atoms with van der Waals surface area (Å²) in [5, 5.41) is 0. The van der Waals surface area contributed by atoms with E-state index >= 15 is 0 Å². The number of hydrogen-bond donors (Lipinski definition) is 1. The third-order valence-corrected chi connectivity index (χ3v) is 3.16. The second-order valence-corrected chi connectivity index (χ2v) is 4.47. The number of halogens is 1. The standard InChI is InChI=1S/C15H23FN2O3/c1-4-18(5-2)7-8-21-14-9-11(15(19)20-6-3)13(17)10-12(14)16/h9-10H,4-8,17H2,1-3H3. The third-order valence-electron chi connectivity index (χ3n) is 3.16. The molecule has 5 nitrogen and oxygen atoms in total. The Balaban J connectivity index is 2.78. The first-order chi connectivity index (χ1) is 10.0. The molecule has 2 N–H and O–H groups in total. The fourth-order valence-electron chi connectivity index (χ4n) is 1.89. The van der Waals surface area contributed by atoms with Gasteiger partial charge in [0.25, 0.3) is 0 Å². The summed E-state index contributed by atoms with van der Waals surface area (Å²) in [6.45, 7) is 8.85. The van der Waals surface area contributed by atoms with Crippen LogP contribution in [0.1, 0.15) is 31.1 Å². The molecule has 0 bridgehead atoms. The molecule has 1 aromatic carbocycles. The van der Waals surface area contributed by atoms with Crippen molar-refractivity contribution in [1.82, 2.24) is 4.90 Å². The summed E-state index contributed by atoms with van der Waals surface area (Å²) in [4.78, 5) is 13.9. The summed E-state index contributed by atoms with van der Waals surface area (Å²) in [5.41, 5.74) is 5.80. The number of nitrogens with zero attached hydrogens (tertiary/aromatic N) is 1. The highest BCUT2D eigenvalue weighted by Gasteiger charge is 2.16.